The number of hydrogen-bond acceptors (Lipinski definition) is 2. The molecule has 1 aromatic carbocycles. The predicted molar refractivity (Wildman–Crippen MR) is 55.2 cm³/mol. The van der Waals surface area contributed by atoms with Crippen LogP contribution in [0, 0.1) is 5.82 Å². The minimum Gasteiger partial charge on any atom is -0.479 e. The zero-order valence-electron chi connectivity index (χ0n) is 8.98. The molecular formula is C11H12FNO3. The summed E-state index contributed by atoms with van der Waals surface area (Å²) in [5.41, 5.74) is 0.241. The lowest BCUT2D eigenvalue weighted by Gasteiger charge is -2.23. The normalized spacial score (nSPS) is 11.9. The highest BCUT2D eigenvalue weighted by Gasteiger charge is 2.26. The molecule has 0 saturated carbocycles. The molecule has 5 heteroatoms. The summed E-state index contributed by atoms with van der Waals surface area (Å²) in [6.07, 6.45) is 0. The van der Waals surface area contributed by atoms with Crippen molar-refractivity contribution in [1.29, 1.82) is 0 Å². The van der Waals surface area contributed by atoms with Gasteiger partial charge < -0.3 is 10.0 Å². The predicted octanol–water partition coefficient (Wildman–Crippen LogP) is 1.43. The van der Waals surface area contributed by atoms with Crippen LogP contribution in [0.15, 0.2) is 24.3 Å². The van der Waals surface area contributed by atoms with Gasteiger partial charge in [-0.25, -0.2) is 9.18 Å². The van der Waals surface area contributed by atoms with Crippen molar-refractivity contribution >= 4 is 11.9 Å². The molecule has 4 nitrogen and oxygen atoms in total. The van der Waals surface area contributed by atoms with E-state index in [9.17, 15) is 14.0 Å². The maximum Gasteiger partial charge on any atom is 0.331 e. The molecule has 1 unspecified atom stereocenters. The molecule has 0 fully saturated rings. The third-order valence-electron chi connectivity index (χ3n) is 2.28. The number of carbonyl (C=O) groups excluding carboxylic acids is 1. The van der Waals surface area contributed by atoms with Crippen LogP contribution < -0.4 is 0 Å². The summed E-state index contributed by atoms with van der Waals surface area (Å²) in [5, 5.41) is 9.02. The first-order valence-corrected chi connectivity index (χ1v) is 4.65. The Morgan fingerprint density at radius 3 is 2.50 bits per heavy atom. The number of likely N-dealkylation sites (N-methyl/N-ethyl adjacent to an activating group) is 1. The Balaban J connectivity index is 3.12. The van der Waals surface area contributed by atoms with E-state index in [0.717, 1.165) is 11.0 Å². The summed E-state index contributed by atoms with van der Waals surface area (Å²) in [5.74, 6) is -2.11. The number of carboxylic acids is 1. The van der Waals surface area contributed by atoms with Gasteiger partial charge in [0, 0.05) is 14.0 Å². The molecule has 1 atom stereocenters. The van der Waals surface area contributed by atoms with E-state index in [2.05, 4.69) is 0 Å². The second-order valence-corrected chi connectivity index (χ2v) is 3.43. The van der Waals surface area contributed by atoms with Crippen molar-refractivity contribution in [1.82, 2.24) is 4.90 Å². The Kier molecular flexibility index (Phi) is 3.60. The topological polar surface area (TPSA) is 57.6 Å². The molecule has 0 saturated heterocycles. The molecule has 0 bridgehead atoms. The average Bonchev–Trinajstić information content (AvgIpc) is 2.17. The van der Waals surface area contributed by atoms with Crippen molar-refractivity contribution in [2.24, 2.45) is 0 Å². The van der Waals surface area contributed by atoms with Gasteiger partial charge in [0.2, 0.25) is 5.91 Å². The number of carbonyl (C=O) groups is 2. The standard InChI is InChI=1S/C11H12FNO3/c1-7(14)13(2)10(11(15)16)8-4-3-5-9(12)6-8/h3-6,10H,1-2H3,(H,15,16). The summed E-state index contributed by atoms with van der Waals surface area (Å²) >= 11 is 0. The highest BCUT2D eigenvalue weighted by Crippen LogP contribution is 2.20. The van der Waals surface area contributed by atoms with Crippen molar-refractivity contribution in [2.45, 2.75) is 13.0 Å². The van der Waals surface area contributed by atoms with Gasteiger partial charge in [-0.1, -0.05) is 12.1 Å². The summed E-state index contributed by atoms with van der Waals surface area (Å²) in [6.45, 7) is 1.26. The maximum absolute atomic E-state index is 13.0. The van der Waals surface area contributed by atoms with Gasteiger partial charge in [0.05, 0.1) is 0 Å². The monoisotopic (exact) mass is 225 g/mol. The molecule has 0 aliphatic heterocycles. The fourth-order valence-electron chi connectivity index (χ4n) is 1.39. The van der Waals surface area contributed by atoms with Gasteiger partial charge >= 0.3 is 5.97 Å². The Morgan fingerprint density at radius 1 is 1.44 bits per heavy atom. The summed E-state index contributed by atoms with van der Waals surface area (Å²) in [7, 11) is 1.37. The number of hydrogen-bond donors (Lipinski definition) is 1. The molecule has 0 aromatic heterocycles. The summed E-state index contributed by atoms with van der Waals surface area (Å²) in [6, 6.07) is 4.05. The van der Waals surface area contributed by atoms with Gasteiger partial charge in [-0.3, -0.25) is 4.79 Å². The smallest absolute Gasteiger partial charge is 0.331 e. The van der Waals surface area contributed by atoms with Crippen molar-refractivity contribution < 1.29 is 19.1 Å². The van der Waals surface area contributed by atoms with Crippen LogP contribution in [0.25, 0.3) is 0 Å². The number of aliphatic carboxylic acids is 1. The van der Waals surface area contributed by atoms with E-state index in [1.807, 2.05) is 0 Å². The van der Waals surface area contributed by atoms with Crippen LogP contribution in [0.5, 0.6) is 0 Å². The molecule has 1 N–H and O–H groups in total. The molecule has 1 rings (SSSR count). The molecule has 0 heterocycles. The maximum atomic E-state index is 13.0. The Hall–Kier alpha value is -1.91. The van der Waals surface area contributed by atoms with Crippen molar-refractivity contribution in [3.63, 3.8) is 0 Å². The third kappa shape index (κ3) is 2.56. The zero-order chi connectivity index (χ0) is 12.3. The molecule has 0 radical (unpaired) electrons. The van der Waals surface area contributed by atoms with Crippen LogP contribution in [0.1, 0.15) is 18.5 Å². The van der Waals surface area contributed by atoms with Crippen LogP contribution in [0.4, 0.5) is 4.39 Å². The first-order chi connectivity index (χ1) is 7.43. The van der Waals surface area contributed by atoms with E-state index in [0.29, 0.717) is 0 Å². The van der Waals surface area contributed by atoms with E-state index in [-0.39, 0.29) is 5.56 Å². The zero-order valence-corrected chi connectivity index (χ0v) is 8.98. The van der Waals surface area contributed by atoms with Crippen molar-refractivity contribution in [3.8, 4) is 0 Å². The summed E-state index contributed by atoms with van der Waals surface area (Å²) < 4.78 is 13.0. The quantitative estimate of drug-likeness (QED) is 0.846. The van der Waals surface area contributed by atoms with Gasteiger partial charge in [0.25, 0.3) is 0 Å². The van der Waals surface area contributed by atoms with Gasteiger partial charge in [0.15, 0.2) is 6.04 Å². The Morgan fingerprint density at radius 2 is 2.06 bits per heavy atom. The van der Waals surface area contributed by atoms with E-state index in [1.165, 1.54) is 32.2 Å². The Bertz CT molecular complexity index is 419. The third-order valence-corrected chi connectivity index (χ3v) is 2.28. The summed E-state index contributed by atoms with van der Waals surface area (Å²) in [4.78, 5) is 23.2. The second kappa shape index (κ2) is 4.74. The Labute approximate surface area is 92.3 Å². The van der Waals surface area contributed by atoms with Gasteiger partial charge in [-0.15, -0.1) is 0 Å². The molecular weight excluding hydrogens is 213 g/mol. The van der Waals surface area contributed by atoms with Crippen LogP contribution in [0.3, 0.4) is 0 Å². The lowest BCUT2D eigenvalue weighted by Crippen LogP contribution is -2.34. The minimum atomic E-state index is -1.19. The molecule has 16 heavy (non-hydrogen) atoms. The van der Waals surface area contributed by atoms with Crippen molar-refractivity contribution in [2.75, 3.05) is 7.05 Å². The lowest BCUT2D eigenvalue weighted by molar-refractivity contribution is -0.148. The van der Waals surface area contributed by atoms with E-state index < -0.39 is 23.7 Å². The van der Waals surface area contributed by atoms with E-state index in [1.54, 1.807) is 0 Å². The van der Waals surface area contributed by atoms with Crippen LogP contribution in [-0.2, 0) is 9.59 Å². The molecule has 0 aliphatic rings. The second-order valence-electron chi connectivity index (χ2n) is 3.43. The largest absolute Gasteiger partial charge is 0.479 e. The average molecular weight is 225 g/mol. The number of carboxylic acid groups (broad SMARTS) is 1. The van der Waals surface area contributed by atoms with E-state index >= 15 is 0 Å². The number of benzene rings is 1. The van der Waals surface area contributed by atoms with E-state index in [4.69, 9.17) is 5.11 Å². The molecule has 0 spiro atoms. The van der Waals surface area contributed by atoms with Gasteiger partial charge in [-0.2, -0.15) is 0 Å². The molecule has 1 aromatic rings. The van der Waals surface area contributed by atoms with Crippen LogP contribution in [-0.4, -0.2) is 28.9 Å². The number of rotatable bonds is 3. The number of halogens is 1. The number of nitrogens with zero attached hydrogens (tertiary/aromatic N) is 1. The lowest BCUT2D eigenvalue weighted by atomic mass is 10.1. The van der Waals surface area contributed by atoms with Crippen LogP contribution >= 0.6 is 0 Å². The van der Waals surface area contributed by atoms with Gasteiger partial charge in [-0.05, 0) is 17.7 Å². The van der Waals surface area contributed by atoms with Crippen molar-refractivity contribution in [3.05, 3.63) is 35.6 Å². The minimum absolute atomic E-state index is 0.241. The first kappa shape index (κ1) is 12.2. The SMILES string of the molecule is CC(=O)N(C)C(C(=O)O)c1cccc(F)c1. The highest BCUT2D eigenvalue weighted by atomic mass is 19.1. The first-order valence-electron chi connectivity index (χ1n) is 4.65. The molecule has 0 aliphatic carbocycles. The molecule has 86 valence electrons. The molecule has 1 amide bonds. The fraction of sp³-hybridized carbons (Fsp3) is 0.273. The number of amides is 1. The fourth-order valence-corrected chi connectivity index (χ4v) is 1.39. The highest BCUT2D eigenvalue weighted by molar-refractivity contribution is 5.83. The van der Waals surface area contributed by atoms with Gasteiger partial charge in [0.1, 0.15) is 5.82 Å². The van der Waals surface area contributed by atoms with Crippen LogP contribution in [0.2, 0.25) is 0 Å².